The van der Waals surface area contributed by atoms with E-state index >= 15 is 0 Å². The highest BCUT2D eigenvalue weighted by Gasteiger charge is 2.61. The Labute approximate surface area is 149 Å². The number of hydrogen-bond donors (Lipinski definition) is 1. The van der Waals surface area contributed by atoms with Gasteiger partial charge in [-0.15, -0.1) is 0 Å². The van der Waals surface area contributed by atoms with Gasteiger partial charge in [0, 0.05) is 23.9 Å². The third-order valence-electron chi connectivity index (χ3n) is 8.65. The highest BCUT2D eigenvalue weighted by Crippen LogP contribution is 2.66. The predicted octanol–water partition coefficient (Wildman–Crippen LogP) is 4.39. The lowest BCUT2D eigenvalue weighted by Crippen LogP contribution is -2.52. The van der Waals surface area contributed by atoms with Crippen molar-refractivity contribution >= 4 is 12.0 Å². The Bertz CT molecular complexity index is 753. The lowest BCUT2D eigenvalue weighted by molar-refractivity contribution is -0.149. The van der Waals surface area contributed by atoms with Gasteiger partial charge in [-0.1, -0.05) is 19.9 Å². The lowest BCUT2D eigenvalue weighted by atomic mass is 9.48. The Hall–Kier alpha value is -1.58. The first-order chi connectivity index (χ1) is 11.9. The molecule has 7 unspecified atom stereocenters. The van der Waals surface area contributed by atoms with E-state index in [9.17, 15) is 9.90 Å². The second-order valence-electron chi connectivity index (χ2n) is 9.37. The lowest BCUT2D eigenvalue weighted by Gasteiger charge is -2.58. The van der Waals surface area contributed by atoms with Crippen molar-refractivity contribution in [1.29, 1.82) is 0 Å². The van der Waals surface area contributed by atoms with Crippen molar-refractivity contribution in [2.75, 3.05) is 0 Å². The van der Waals surface area contributed by atoms with Crippen LogP contribution in [-0.4, -0.2) is 20.6 Å². The molecule has 0 bridgehead atoms. The number of aliphatic carboxylic acids is 1. The van der Waals surface area contributed by atoms with Crippen LogP contribution in [0.1, 0.15) is 64.2 Å². The number of carboxylic acids is 1. The number of nitrogens with zero attached hydrogens (tertiary/aromatic N) is 2. The number of fused-ring (bicyclic) bond motifs is 7. The topological polar surface area (TPSA) is 55.1 Å². The molecule has 1 aromatic heterocycles. The monoisotopic (exact) mass is 340 g/mol. The molecule has 3 fully saturated rings. The summed E-state index contributed by atoms with van der Waals surface area (Å²) in [4.78, 5) is 16.3. The Kier molecular flexibility index (Phi) is 3.12. The van der Waals surface area contributed by atoms with Crippen LogP contribution >= 0.6 is 0 Å². The Morgan fingerprint density at radius 3 is 2.84 bits per heavy atom. The molecule has 0 saturated heterocycles. The second-order valence-corrected chi connectivity index (χ2v) is 9.37. The molecule has 3 aliphatic carbocycles. The molecule has 4 heteroatoms. The van der Waals surface area contributed by atoms with E-state index < -0.39 is 5.97 Å². The maximum atomic E-state index is 11.8. The summed E-state index contributed by atoms with van der Waals surface area (Å²) in [7, 11) is 0. The van der Waals surface area contributed by atoms with Crippen LogP contribution in [0.25, 0.3) is 6.08 Å². The zero-order valence-corrected chi connectivity index (χ0v) is 15.2. The molecule has 0 spiro atoms. The predicted molar refractivity (Wildman–Crippen MR) is 95.8 cm³/mol. The van der Waals surface area contributed by atoms with E-state index in [0.717, 1.165) is 25.1 Å². The van der Waals surface area contributed by atoms with Gasteiger partial charge < -0.3 is 9.67 Å². The van der Waals surface area contributed by atoms with Gasteiger partial charge in [-0.25, -0.2) is 4.98 Å². The third kappa shape index (κ3) is 1.89. The van der Waals surface area contributed by atoms with Crippen molar-refractivity contribution in [3.05, 3.63) is 24.3 Å². The molecule has 1 aromatic rings. The molecule has 7 atom stereocenters. The van der Waals surface area contributed by atoms with E-state index in [1.54, 1.807) is 0 Å². The van der Waals surface area contributed by atoms with Crippen LogP contribution < -0.4 is 0 Å². The Morgan fingerprint density at radius 2 is 2.04 bits per heavy atom. The molecule has 5 rings (SSSR count). The number of carbonyl (C=O) groups is 1. The maximum absolute atomic E-state index is 11.8. The number of carboxylic acid groups (broad SMARTS) is 1. The fourth-order valence-electron chi connectivity index (χ4n) is 7.42. The minimum absolute atomic E-state index is 0.00867. The minimum Gasteiger partial charge on any atom is -0.481 e. The summed E-state index contributed by atoms with van der Waals surface area (Å²) in [5.41, 5.74) is 0.188. The number of rotatable bonds is 1. The summed E-state index contributed by atoms with van der Waals surface area (Å²) in [5.74, 6) is 2.33. The van der Waals surface area contributed by atoms with Gasteiger partial charge in [-0.3, -0.25) is 4.79 Å². The summed E-state index contributed by atoms with van der Waals surface area (Å²) in [6.07, 6.45) is 15.4. The number of imidazole rings is 1. The highest BCUT2D eigenvalue weighted by molar-refractivity contribution is 5.71. The van der Waals surface area contributed by atoms with Crippen molar-refractivity contribution in [3.63, 3.8) is 0 Å². The van der Waals surface area contributed by atoms with Gasteiger partial charge in [0.05, 0.1) is 5.92 Å². The first-order valence-corrected chi connectivity index (χ1v) is 9.90. The van der Waals surface area contributed by atoms with Gasteiger partial charge >= 0.3 is 5.97 Å². The highest BCUT2D eigenvalue weighted by atomic mass is 16.4. The molecular weight excluding hydrogens is 312 g/mol. The minimum atomic E-state index is -0.566. The summed E-state index contributed by atoms with van der Waals surface area (Å²) in [6.45, 7) is 4.72. The molecule has 4 nitrogen and oxygen atoms in total. The summed E-state index contributed by atoms with van der Waals surface area (Å²) < 4.78 is 2.39. The van der Waals surface area contributed by atoms with E-state index in [-0.39, 0.29) is 16.7 Å². The van der Waals surface area contributed by atoms with E-state index in [1.807, 2.05) is 6.20 Å². The van der Waals surface area contributed by atoms with Crippen molar-refractivity contribution in [2.24, 2.45) is 34.5 Å². The van der Waals surface area contributed by atoms with Crippen LogP contribution in [0.4, 0.5) is 0 Å². The van der Waals surface area contributed by atoms with Gasteiger partial charge in [-0.05, 0) is 67.8 Å². The van der Waals surface area contributed by atoms with Crippen LogP contribution in [0.5, 0.6) is 0 Å². The van der Waals surface area contributed by atoms with Crippen LogP contribution in [-0.2, 0) is 4.79 Å². The average molecular weight is 340 g/mol. The normalized spacial score (nSPS) is 47.5. The molecule has 134 valence electrons. The molecular formula is C21H28N2O2. The summed E-state index contributed by atoms with van der Waals surface area (Å²) in [5, 5.41) is 9.72. The van der Waals surface area contributed by atoms with Crippen LogP contribution in [0.2, 0.25) is 0 Å². The van der Waals surface area contributed by atoms with Gasteiger partial charge in [0.1, 0.15) is 5.82 Å². The molecule has 2 heterocycles. The second kappa shape index (κ2) is 4.99. The number of aromatic nitrogens is 2. The molecule has 25 heavy (non-hydrogen) atoms. The summed E-state index contributed by atoms with van der Waals surface area (Å²) in [6, 6.07) is 0.511. The van der Waals surface area contributed by atoms with Crippen molar-refractivity contribution in [3.8, 4) is 0 Å². The molecule has 0 amide bonds. The maximum Gasteiger partial charge on any atom is 0.307 e. The van der Waals surface area contributed by atoms with Crippen LogP contribution in [0.3, 0.4) is 0 Å². The van der Waals surface area contributed by atoms with E-state index in [1.165, 1.54) is 19.3 Å². The van der Waals surface area contributed by atoms with Crippen LogP contribution in [0, 0.1) is 34.5 Å². The van der Waals surface area contributed by atoms with Gasteiger partial charge in [0.25, 0.3) is 0 Å². The first kappa shape index (κ1) is 15.7. The van der Waals surface area contributed by atoms with E-state index in [2.05, 4.69) is 41.7 Å². The van der Waals surface area contributed by atoms with Gasteiger partial charge in [-0.2, -0.15) is 0 Å². The molecule has 0 radical (unpaired) electrons. The zero-order valence-electron chi connectivity index (χ0n) is 15.2. The van der Waals surface area contributed by atoms with Crippen LogP contribution in [0.15, 0.2) is 18.5 Å². The largest absolute Gasteiger partial charge is 0.481 e. The fraction of sp³-hybridized carbons (Fsp3) is 0.714. The standard InChI is InChI=1S/C21H28N2O2/c1-20-9-7-15-13(14(20)4-5-16(20)19(24)25)3-6-17-21(15,2)10-8-18-22-11-12-23(17)18/h8,10-17H,3-7,9H2,1-2H3,(H,24,25). The van der Waals surface area contributed by atoms with Crippen molar-refractivity contribution in [2.45, 2.75) is 58.4 Å². The Balaban J connectivity index is 1.51. The zero-order chi connectivity index (χ0) is 17.4. The third-order valence-corrected chi connectivity index (χ3v) is 8.65. The molecule has 4 aliphatic rings. The number of allylic oxidation sites excluding steroid dienone is 1. The number of hydrogen-bond acceptors (Lipinski definition) is 2. The SMILES string of the molecule is CC12C=Cc3nccn3C1CCC1C2CCC2(C)C(C(=O)O)CCC12. The smallest absolute Gasteiger partial charge is 0.307 e. The fourth-order valence-corrected chi connectivity index (χ4v) is 7.42. The van der Waals surface area contributed by atoms with Crippen molar-refractivity contribution in [1.82, 2.24) is 9.55 Å². The summed E-state index contributed by atoms with van der Waals surface area (Å²) >= 11 is 0. The Morgan fingerprint density at radius 1 is 1.20 bits per heavy atom. The van der Waals surface area contributed by atoms with Gasteiger partial charge in [0.15, 0.2) is 0 Å². The van der Waals surface area contributed by atoms with E-state index in [4.69, 9.17) is 0 Å². The first-order valence-electron chi connectivity index (χ1n) is 9.90. The molecule has 1 N–H and O–H groups in total. The molecule has 0 aromatic carbocycles. The van der Waals surface area contributed by atoms with E-state index in [0.29, 0.717) is 23.8 Å². The van der Waals surface area contributed by atoms with Gasteiger partial charge in [0.2, 0.25) is 0 Å². The quantitative estimate of drug-likeness (QED) is 0.824. The van der Waals surface area contributed by atoms with Crippen molar-refractivity contribution < 1.29 is 9.90 Å². The molecule has 3 saturated carbocycles. The molecule has 1 aliphatic heterocycles. The average Bonchev–Trinajstić information content (AvgIpc) is 3.17.